The predicted octanol–water partition coefficient (Wildman–Crippen LogP) is 6.36. The van der Waals surface area contributed by atoms with E-state index in [0.29, 0.717) is 50.4 Å². The normalized spacial score (nSPS) is 27.1. The molecule has 1 heterocycles. The van der Waals surface area contributed by atoms with Crippen LogP contribution in [0.2, 0.25) is 0 Å². The fourth-order valence-corrected chi connectivity index (χ4v) is 3.94. The smallest absolute Gasteiger partial charge is 0.266 e. The fourth-order valence-electron chi connectivity index (χ4n) is 3.94. The van der Waals surface area contributed by atoms with Crippen LogP contribution < -0.4 is 0 Å². The molecule has 1 aliphatic carbocycles. The Morgan fingerprint density at radius 1 is 1.07 bits per heavy atom. The molecule has 2 aliphatic rings. The molecule has 6 heteroatoms. The second-order valence-corrected chi connectivity index (χ2v) is 7.85. The number of benzene rings is 1. The Hall–Kier alpha value is -1.84. The SMILES string of the molecule is CCC[C@H]1CO[C@H](c2cc(F)c(C#CC3CCC(C=C(F)F)CC3)c(F)c2)OC1. The maximum atomic E-state index is 14.5. The first-order chi connectivity index (χ1) is 14.0. The summed E-state index contributed by atoms with van der Waals surface area (Å²) in [5, 5.41) is 0. The van der Waals surface area contributed by atoms with E-state index in [2.05, 4.69) is 18.8 Å². The Morgan fingerprint density at radius 3 is 2.24 bits per heavy atom. The van der Waals surface area contributed by atoms with Crippen LogP contribution in [0.25, 0.3) is 0 Å². The third-order valence-electron chi connectivity index (χ3n) is 5.53. The highest BCUT2D eigenvalue weighted by Gasteiger charge is 2.25. The molecule has 2 fully saturated rings. The molecule has 0 radical (unpaired) electrons. The number of hydrogen-bond donors (Lipinski definition) is 0. The van der Waals surface area contributed by atoms with Crippen molar-refractivity contribution in [1.29, 1.82) is 0 Å². The van der Waals surface area contributed by atoms with Gasteiger partial charge in [0.15, 0.2) is 6.29 Å². The van der Waals surface area contributed by atoms with Crippen LogP contribution in [0.15, 0.2) is 24.3 Å². The molecule has 0 unspecified atom stereocenters. The van der Waals surface area contributed by atoms with Crippen LogP contribution >= 0.6 is 0 Å². The molecule has 0 amide bonds. The third-order valence-corrected chi connectivity index (χ3v) is 5.53. The summed E-state index contributed by atoms with van der Waals surface area (Å²) < 4.78 is 64.9. The van der Waals surface area contributed by atoms with Crippen molar-refractivity contribution in [3.63, 3.8) is 0 Å². The van der Waals surface area contributed by atoms with Crippen molar-refractivity contribution < 1.29 is 27.0 Å². The zero-order chi connectivity index (χ0) is 20.8. The van der Waals surface area contributed by atoms with E-state index < -0.39 is 24.0 Å². The van der Waals surface area contributed by atoms with Crippen LogP contribution in [-0.2, 0) is 9.47 Å². The summed E-state index contributed by atoms with van der Waals surface area (Å²) in [6.07, 6.45) is 3.09. The second-order valence-electron chi connectivity index (χ2n) is 7.85. The average molecular weight is 410 g/mol. The molecule has 1 aliphatic heterocycles. The lowest BCUT2D eigenvalue weighted by Crippen LogP contribution is -2.27. The van der Waals surface area contributed by atoms with Gasteiger partial charge in [-0.1, -0.05) is 25.2 Å². The van der Waals surface area contributed by atoms with Gasteiger partial charge in [0.25, 0.3) is 6.08 Å². The van der Waals surface area contributed by atoms with Crippen molar-refractivity contribution in [1.82, 2.24) is 0 Å². The molecule has 0 N–H and O–H groups in total. The van der Waals surface area contributed by atoms with E-state index in [9.17, 15) is 17.6 Å². The minimum atomic E-state index is -1.66. The standard InChI is InChI=1S/C23H26F4O2/c1-2-3-17-13-28-23(29-14-17)18-11-20(24)19(21(25)12-18)9-8-15-4-6-16(7-5-15)10-22(26)27/h10-12,15-17,23H,2-7,13-14H2,1H3/t15?,16?,17-,23-. The van der Waals surface area contributed by atoms with Gasteiger partial charge in [0.1, 0.15) is 11.6 Å². The lowest BCUT2D eigenvalue weighted by Gasteiger charge is -2.29. The van der Waals surface area contributed by atoms with Gasteiger partial charge < -0.3 is 9.47 Å². The zero-order valence-corrected chi connectivity index (χ0v) is 16.5. The van der Waals surface area contributed by atoms with Gasteiger partial charge in [0.05, 0.1) is 18.8 Å². The van der Waals surface area contributed by atoms with Gasteiger partial charge in [-0.2, -0.15) is 8.78 Å². The number of hydrogen-bond acceptors (Lipinski definition) is 2. The molecule has 0 bridgehead atoms. The topological polar surface area (TPSA) is 18.5 Å². The van der Waals surface area contributed by atoms with E-state index in [1.54, 1.807) is 0 Å². The van der Waals surface area contributed by atoms with Crippen molar-refractivity contribution in [2.75, 3.05) is 13.2 Å². The summed E-state index contributed by atoms with van der Waals surface area (Å²) >= 11 is 0. The molecular formula is C23H26F4O2. The van der Waals surface area contributed by atoms with Crippen LogP contribution in [0, 0.1) is 41.2 Å². The van der Waals surface area contributed by atoms with Gasteiger partial charge in [-0.25, -0.2) is 8.78 Å². The summed E-state index contributed by atoms with van der Waals surface area (Å²) in [5.41, 5.74) is 0.0336. The van der Waals surface area contributed by atoms with Gasteiger partial charge in [0.2, 0.25) is 0 Å². The van der Waals surface area contributed by atoms with E-state index >= 15 is 0 Å². The van der Waals surface area contributed by atoms with Gasteiger partial charge in [-0.05, 0) is 56.2 Å². The molecule has 0 aromatic heterocycles. The predicted molar refractivity (Wildman–Crippen MR) is 102 cm³/mol. The van der Waals surface area contributed by atoms with E-state index in [-0.39, 0.29) is 17.4 Å². The van der Waals surface area contributed by atoms with Crippen LogP contribution in [0.1, 0.15) is 62.9 Å². The monoisotopic (exact) mass is 410 g/mol. The molecule has 0 atom stereocenters. The molecule has 1 aromatic carbocycles. The van der Waals surface area contributed by atoms with Gasteiger partial charge in [-0.15, -0.1) is 0 Å². The zero-order valence-electron chi connectivity index (χ0n) is 16.5. The van der Waals surface area contributed by atoms with Gasteiger partial charge >= 0.3 is 0 Å². The van der Waals surface area contributed by atoms with E-state index in [1.165, 1.54) is 12.1 Å². The number of ether oxygens (including phenoxy) is 2. The van der Waals surface area contributed by atoms with Crippen molar-refractivity contribution in [3.8, 4) is 11.8 Å². The largest absolute Gasteiger partial charge is 0.348 e. The maximum absolute atomic E-state index is 14.5. The lowest BCUT2D eigenvalue weighted by atomic mass is 9.82. The first-order valence-electron chi connectivity index (χ1n) is 10.2. The quantitative estimate of drug-likeness (QED) is 0.424. The first-order valence-corrected chi connectivity index (χ1v) is 10.2. The molecule has 1 saturated heterocycles. The highest BCUT2D eigenvalue weighted by molar-refractivity contribution is 5.40. The van der Waals surface area contributed by atoms with E-state index in [1.807, 2.05) is 0 Å². The fraction of sp³-hybridized carbons (Fsp3) is 0.565. The van der Waals surface area contributed by atoms with Crippen LogP contribution in [0.4, 0.5) is 17.6 Å². The van der Waals surface area contributed by atoms with Crippen molar-refractivity contribution in [2.24, 2.45) is 17.8 Å². The maximum Gasteiger partial charge on any atom is 0.266 e. The third kappa shape index (κ3) is 6.07. The molecule has 1 saturated carbocycles. The molecule has 1 aromatic rings. The minimum Gasteiger partial charge on any atom is -0.348 e. The molecule has 2 nitrogen and oxygen atoms in total. The lowest BCUT2D eigenvalue weighted by molar-refractivity contribution is -0.206. The molecule has 158 valence electrons. The summed E-state index contributed by atoms with van der Waals surface area (Å²) in [7, 11) is 0. The number of allylic oxidation sites excluding steroid dienone is 1. The highest BCUT2D eigenvalue weighted by Crippen LogP contribution is 2.31. The summed E-state index contributed by atoms with van der Waals surface area (Å²) in [6, 6.07) is 2.42. The van der Waals surface area contributed by atoms with Gasteiger partial charge in [-0.3, -0.25) is 0 Å². The summed E-state index contributed by atoms with van der Waals surface area (Å²) in [5.74, 6) is 4.17. The Kier molecular flexibility index (Phi) is 7.74. The second kappa shape index (κ2) is 10.3. The van der Waals surface area contributed by atoms with Crippen LogP contribution in [-0.4, -0.2) is 13.2 Å². The average Bonchev–Trinajstić information content (AvgIpc) is 2.69. The molecule has 3 rings (SSSR count). The van der Waals surface area contributed by atoms with Crippen LogP contribution in [0.5, 0.6) is 0 Å². The van der Waals surface area contributed by atoms with Gasteiger partial charge in [0, 0.05) is 17.4 Å². The number of halogens is 4. The first kappa shape index (κ1) is 21.9. The number of rotatable bonds is 4. The molecular weight excluding hydrogens is 384 g/mol. The Morgan fingerprint density at radius 2 is 1.69 bits per heavy atom. The molecule has 29 heavy (non-hydrogen) atoms. The summed E-state index contributed by atoms with van der Waals surface area (Å²) in [4.78, 5) is 0. The highest BCUT2D eigenvalue weighted by atomic mass is 19.3. The Balaban J connectivity index is 1.63. The van der Waals surface area contributed by atoms with E-state index in [0.717, 1.165) is 18.9 Å². The van der Waals surface area contributed by atoms with Crippen molar-refractivity contribution in [3.05, 3.63) is 47.1 Å². The van der Waals surface area contributed by atoms with E-state index in [4.69, 9.17) is 9.47 Å². The van der Waals surface area contributed by atoms with Crippen molar-refractivity contribution >= 4 is 0 Å². The van der Waals surface area contributed by atoms with Crippen molar-refractivity contribution in [2.45, 2.75) is 51.7 Å². The minimum absolute atomic E-state index is 0.0405. The Bertz CT molecular complexity index is 753. The van der Waals surface area contributed by atoms with Crippen LogP contribution in [0.3, 0.4) is 0 Å². The Labute approximate surface area is 169 Å². The molecule has 0 spiro atoms. The summed E-state index contributed by atoms with van der Waals surface area (Å²) in [6.45, 7) is 3.10.